The molecular weight excluding hydrogens is 250 g/mol. The number of hydrogen-bond acceptors (Lipinski definition) is 3. The van der Waals surface area contributed by atoms with Crippen LogP contribution in [-0.2, 0) is 10.2 Å². The van der Waals surface area contributed by atoms with Gasteiger partial charge in [0, 0.05) is 32.2 Å². The van der Waals surface area contributed by atoms with Crippen molar-refractivity contribution in [1.82, 2.24) is 13.9 Å². The van der Waals surface area contributed by atoms with E-state index < -0.39 is 10.2 Å². The van der Waals surface area contributed by atoms with Crippen molar-refractivity contribution in [2.45, 2.75) is 46.1 Å². The minimum atomic E-state index is -3.28. The maximum Gasteiger partial charge on any atom is 0.282 e. The van der Waals surface area contributed by atoms with Gasteiger partial charge in [-0.25, -0.2) is 0 Å². The molecule has 0 aromatic rings. The lowest BCUT2D eigenvalue weighted by Crippen LogP contribution is -2.53. The molecule has 0 amide bonds. The Kier molecular flexibility index (Phi) is 6.55. The summed E-state index contributed by atoms with van der Waals surface area (Å²) in [5.41, 5.74) is 0. The zero-order chi connectivity index (χ0) is 13.6. The smallest absolute Gasteiger partial charge is 0.282 e. The van der Waals surface area contributed by atoms with Gasteiger partial charge in [-0.15, -0.1) is 0 Å². The van der Waals surface area contributed by atoms with E-state index in [1.807, 2.05) is 20.8 Å². The third-order valence-electron chi connectivity index (χ3n) is 3.53. The van der Waals surface area contributed by atoms with E-state index in [0.717, 1.165) is 32.4 Å². The summed E-state index contributed by atoms with van der Waals surface area (Å²) in [7, 11) is -3.28. The Morgan fingerprint density at radius 3 is 2.44 bits per heavy atom. The van der Waals surface area contributed by atoms with Crippen molar-refractivity contribution in [3.8, 4) is 0 Å². The van der Waals surface area contributed by atoms with Crippen LogP contribution in [0.2, 0.25) is 0 Å². The van der Waals surface area contributed by atoms with Gasteiger partial charge in [0.1, 0.15) is 0 Å². The zero-order valence-corrected chi connectivity index (χ0v) is 12.7. The average Bonchev–Trinajstić information content (AvgIpc) is 2.37. The summed E-state index contributed by atoms with van der Waals surface area (Å²) in [4.78, 5) is 0. The van der Waals surface area contributed by atoms with Crippen LogP contribution in [0.5, 0.6) is 0 Å². The van der Waals surface area contributed by atoms with Crippen LogP contribution in [0.4, 0.5) is 0 Å². The molecule has 1 atom stereocenters. The summed E-state index contributed by atoms with van der Waals surface area (Å²) >= 11 is 0. The molecule has 0 saturated carbocycles. The molecule has 1 aliphatic rings. The summed E-state index contributed by atoms with van der Waals surface area (Å²) in [6, 6.07) is 0.115. The number of likely N-dealkylation sites (N-methyl/N-ethyl adjacent to an activating group) is 1. The number of nitrogens with one attached hydrogen (secondary N) is 1. The van der Waals surface area contributed by atoms with Crippen LogP contribution in [0, 0.1) is 0 Å². The van der Waals surface area contributed by atoms with Gasteiger partial charge in [-0.05, 0) is 19.4 Å². The summed E-state index contributed by atoms with van der Waals surface area (Å²) in [5.74, 6) is 0. The molecule has 1 saturated heterocycles. The molecule has 1 rings (SSSR count). The van der Waals surface area contributed by atoms with Gasteiger partial charge in [-0.1, -0.05) is 27.2 Å². The Hall–Kier alpha value is -0.170. The Morgan fingerprint density at radius 1 is 1.22 bits per heavy atom. The summed E-state index contributed by atoms with van der Waals surface area (Å²) in [5, 5.41) is 3.27. The number of rotatable bonds is 7. The van der Waals surface area contributed by atoms with E-state index in [4.69, 9.17) is 0 Å². The quantitative estimate of drug-likeness (QED) is 0.756. The van der Waals surface area contributed by atoms with Crippen LogP contribution in [0.15, 0.2) is 0 Å². The van der Waals surface area contributed by atoms with E-state index in [9.17, 15) is 8.42 Å². The van der Waals surface area contributed by atoms with Crippen molar-refractivity contribution in [3.05, 3.63) is 0 Å². The molecule has 18 heavy (non-hydrogen) atoms. The normalized spacial score (nSPS) is 22.6. The fourth-order valence-electron chi connectivity index (χ4n) is 2.49. The van der Waals surface area contributed by atoms with Crippen LogP contribution in [0.3, 0.4) is 0 Å². The van der Waals surface area contributed by atoms with Crippen molar-refractivity contribution in [1.29, 1.82) is 0 Å². The number of hydrogen-bond donors (Lipinski definition) is 1. The van der Waals surface area contributed by atoms with Gasteiger partial charge < -0.3 is 5.32 Å². The molecule has 6 heteroatoms. The largest absolute Gasteiger partial charge is 0.315 e. The molecule has 0 spiro atoms. The van der Waals surface area contributed by atoms with E-state index in [0.29, 0.717) is 19.6 Å². The molecule has 0 radical (unpaired) electrons. The average molecular weight is 277 g/mol. The Bertz CT molecular complexity index is 328. The van der Waals surface area contributed by atoms with Crippen LogP contribution >= 0.6 is 0 Å². The lowest BCUT2D eigenvalue weighted by Gasteiger charge is -2.37. The first-order chi connectivity index (χ1) is 8.57. The predicted octanol–water partition coefficient (Wildman–Crippen LogP) is 1.04. The first-order valence-electron chi connectivity index (χ1n) is 7.05. The highest BCUT2D eigenvalue weighted by Crippen LogP contribution is 2.22. The van der Waals surface area contributed by atoms with Gasteiger partial charge in [-0.3, -0.25) is 0 Å². The van der Waals surface area contributed by atoms with E-state index in [-0.39, 0.29) is 6.04 Å². The van der Waals surface area contributed by atoms with Crippen LogP contribution < -0.4 is 5.32 Å². The van der Waals surface area contributed by atoms with Gasteiger partial charge in [0.25, 0.3) is 10.2 Å². The molecule has 0 aromatic carbocycles. The van der Waals surface area contributed by atoms with E-state index in [2.05, 4.69) is 5.32 Å². The van der Waals surface area contributed by atoms with Gasteiger partial charge in [0.2, 0.25) is 0 Å². The summed E-state index contributed by atoms with van der Waals surface area (Å²) in [6.45, 7) is 9.23. The standard InChI is InChI=1S/C12H27N3O2S/c1-4-13-11-12-9-7-8-10-15(12)18(16,17)14(5-2)6-3/h12-13H,4-11H2,1-3H3. The Balaban J connectivity index is 2.81. The number of nitrogens with zero attached hydrogens (tertiary/aromatic N) is 2. The van der Waals surface area contributed by atoms with Crippen molar-refractivity contribution in [2.75, 3.05) is 32.7 Å². The molecule has 1 unspecified atom stereocenters. The van der Waals surface area contributed by atoms with Crippen molar-refractivity contribution < 1.29 is 8.42 Å². The molecule has 1 fully saturated rings. The zero-order valence-electron chi connectivity index (χ0n) is 11.9. The second kappa shape index (κ2) is 7.43. The van der Waals surface area contributed by atoms with E-state index in [1.165, 1.54) is 0 Å². The molecule has 1 aliphatic heterocycles. The molecule has 5 nitrogen and oxygen atoms in total. The highest BCUT2D eigenvalue weighted by molar-refractivity contribution is 7.86. The maximum absolute atomic E-state index is 12.5. The van der Waals surface area contributed by atoms with Crippen LogP contribution in [0.25, 0.3) is 0 Å². The Morgan fingerprint density at radius 2 is 1.89 bits per heavy atom. The lowest BCUT2D eigenvalue weighted by atomic mass is 10.1. The SMILES string of the molecule is CCNCC1CCCCN1S(=O)(=O)N(CC)CC. The fourth-order valence-corrected chi connectivity index (χ4v) is 4.36. The fraction of sp³-hybridized carbons (Fsp3) is 1.00. The molecule has 108 valence electrons. The topological polar surface area (TPSA) is 52.7 Å². The predicted molar refractivity (Wildman–Crippen MR) is 74.7 cm³/mol. The minimum Gasteiger partial charge on any atom is -0.315 e. The van der Waals surface area contributed by atoms with Crippen LogP contribution in [-0.4, -0.2) is 55.8 Å². The second-order valence-corrected chi connectivity index (χ2v) is 6.54. The number of piperidine rings is 1. The molecule has 1 heterocycles. The molecule has 0 aromatic heterocycles. The van der Waals surface area contributed by atoms with Gasteiger partial charge in [0.15, 0.2) is 0 Å². The highest BCUT2D eigenvalue weighted by Gasteiger charge is 2.34. The van der Waals surface area contributed by atoms with Crippen LogP contribution in [0.1, 0.15) is 40.0 Å². The molecular formula is C12H27N3O2S. The summed E-state index contributed by atoms with van der Waals surface area (Å²) in [6.07, 6.45) is 3.07. The molecule has 0 aliphatic carbocycles. The van der Waals surface area contributed by atoms with Crippen molar-refractivity contribution in [2.24, 2.45) is 0 Å². The van der Waals surface area contributed by atoms with Crippen molar-refractivity contribution >= 4 is 10.2 Å². The first-order valence-corrected chi connectivity index (χ1v) is 8.45. The van der Waals surface area contributed by atoms with E-state index in [1.54, 1.807) is 8.61 Å². The molecule has 0 bridgehead atoms. The molecule has 1 N–H and O–H groups in total. The lowest BCUT2D eigenvalue weighted by molar-refractivity contribution is 0.229. The monoisotopic (exact) mass is 277 g/mol. The third-order valence-corrected chi connectivity index (χ3v) is 5.77. The first kappa shape index (κ1) is 15.9. The Labute approximate surface area is 112 Å². The highest BCUT2D eigenvalue weighted by atomic mass is 32.2. The van der Waals surface area contributed by atoms with Gasteiger partial charge in [-0.2, -0.15) is 17.0 Å². The second-order valence-electron chi connectivity index (χ2n) is 4.66. The maximum atomic E-state index is 12.5. The van der Waals surface area contributed by atoms with Crippen molar-refractivity contribution in [3.63, 3.8) is 0 Å². The minimum absolute atomic E-state index is 0.115. The van der Waals surface area contributed by atoms with Gasteiger partial charge in [0.05, 0.1) is 0 Å². The third kappa shape index (κ3) is 3.66. The van der Waals surface area contributed by atoms with E-state index >= 15 is 0 Å². The summed E-state index contributed by atoms with van der Waals surface area (Å²) < 4.78 is 28.3. The van der Waals surface area contributed by atoms with Gasteiger partial charge >= 0.3 is 0 Å².